The van der Waals surface area contributed by atoms with Crippen molar-refractivity contribution in [2.45, 2.75) is 20.8 Å². The van der Waals surface area contributed by atoms with E-state index in [9.17, 15) is 4.79 Å². The Bertz CT molecular complexity index is 1080. The van der Waals surface area contributed by atoms with Crippen LogP contribution in [0.2, 0.25) is 0 Å². The number of thiazole rings is 1. The van der Waals surface area contributed by atoms with Crippen LogP contribution < -0.4 is 5.32 Å². The van der Waals surface area contributed by atoms with Gasteiger partial charge in [0.05, 0.1) is 22.3 Å². The van der Waals surface area contributed by atoms with Crippen molar-refractivity contribution < 1.29 is 9.32 Å². The van der Waals surface area contributed by atoms with Crippen LogP contribution in [-0.4, -0.2) is 21.0 Å². The van der Waals surface area contributed by atoms with Gasteiger partial charge in [-0.2, -0.15) is 0 Å². The van der Waals surface area contributed by atoms with Gasteiger partial charge in [-0.3, -0.25) is 10.1 Å². The molecule has 6 nitrogen and oxygen atoms in total. The van der Waals surface area contributed by atoms with E-state index in [2.05, 4.69) is 26.5 Å². The normalized spacial score (nSPS) is 11.2. The lowest BCUT2D eigenvalue weighted by Crippen LogP contribution is -2.13. The summed E-state index contributed by atoms with van der Waals surface area (Å²) in [5.41, 5.74) is 3.19. The maximum atomic E-state index is 12.8. The fourth-order valence-electron chi connectivity index (χ4n) is 2.75. The molecule has 4 heterocycles. The number of aryl methyl sites for hydroxylation is 3. The Morgan fingerprint density at radius 1 is 1.24 bits per heavy atom. The fourth-order valence-corrected chi connectivity index (χ4v) is 4.20. The highest BCUT2D eigenvalue weighted by molar-refractivity contribution is 7.13. The molecule has 0 atom stereocenters. The highest BCUT2D eigenvalue weighted by Gasteiger charge is 2.21. The SMILES string of the molecule is Cc1cc(-c2cc(C(=O)Nc3nccs3)c3c(C)noc3n2)c(C)s1. The van der Waals surface area contributed by atoms with Crippen LogP contribution in [0.5, 0.6) is 0 Å². The molecule has 1 N–H and O–H groups in total. The number of hydrogen-bond acceptors (Lipinski definition) is 7. The average Bonchev–Trinajstić information content (AvgIpc) is 3.28. The molecule has 4 rings (SSSR count). The Kier molecular flexibility index (Phi) is 3.85. The Balaban J connectivity index is 1.87. The van der Waals surface area contributed by atoms with Crippen molar-refractivity contribution in [2.75, 3.05) is 5.32 Å². The maximum absolute atomic E-state index is 12.8. The Morgan fingerprint density at radius 3 is 2.76 bits per heavy atom. The molecule has 1 amide bonds. The summed E-state index contributed by atoms with van der Waals surface area (Å²) in [6.45, 7) is 5.89. The average molecular weight is 370 g/mol. The van der Waals surface area contributed by atoms with Gasteiger partial charge in [-0.15, -0.1) is 22.7 Å². The zero-order valence-corrected chi connectivity index (χ0v) is 15.4. The van der Waals surface area contributed by atoms with Crippen molar-refractivity contribution in [3.63, 3.8) is 0 Å². The molecule has 0 bridgehead atoms. The number of amides is 1. The predicted molar refractivity (Wildman–Crippen MR) is 99.4 cm³/mol. The second-order valence-corrected chi connectivity index (χ2v) is 7.98. The monoisotopic (exact) mass is 370 g/mol. The number of nitrogens with zero attached hydrogens (tertiary/aromatic N) is 3. The van der Waals surface area contributed by atoms with Gasteiger partial charge in [-0.05, 0) is 32.9 Å². The molecule has 0 radical (unpaired) electrons. The third-order valence-electron chi connectivity index (χ3n) is 3.83. The molecular formula is C17H14N4O2S2. The minimum absolute atomic E-state index is 0.250. The van der Waals surface area contributed by atoms with Gasteiger partial charge in [0, 0.05) is 26.9 Å². The Labute approximate surface area is 151 Å². The van der Waals surface area contributed by atoms with Crippen molar-refractivity contribution in [3.8, 4) is 11.3 Å². The molecular weight excluding hydrogens is 356 g/mol. The van der Waals surface area contributed by atoms with Crippen molar-refractivity contribution in [1.29, 1.82) is 0 Å². The lowest BCUT2D eigenvalue weighted by atomic mass is 10.1. The number of thiophene rings is 1. The van der Waals surface area contributed by atoms with Crippen molar-refractivity contribution >= 4 is 44.8 Å². The first-order valence-electron chi connectivity index (χ1n) is 7.58. The number of carbonyl (C=O) groups is 1. The summed E-state index contributed by atoms with van der Waals surface area (Å²) in [5, 5.41) is 9.78. The molecule has 0 spiro atoms. The number of hydrogen-bond donors (Lipinski definition) is 1. The van der Waals surface area contributed by atoms with Crippen LogP contribution in [0.3, 0.4) is 0 Å². The van der Waals surface area contributed by atoms with Gasteiger partial charge in [-0.25, -0.2) is 9.97 Å². The van der Waals surface area contributed by atoms with E-state index >= 15 is 0 Å². The largest absolute Gasteiger partial charge is 0.335 e. The quantitative estimate of drug-likeness (QED) is 0.571. The Morgan fingerprint density at radius 2 is 2.08 bits per heavy atom. The first kappa shape index (κ1) is 15.9. The van der Waals surface area contributed by atoms with Gasteiger partial charge < -0.3 is 4.52 Å². The zero-order chi connectivity index (χ0) is 17.6. The second kappa shape index (κ2) is 6.05. The van der Waals surface area contributed by atoms with Crippen molar-refractivity contribution in [2.24, 2.45) is 0 Å². The van der Waals surface area contributed by atoms with E-state index < -0.39 is 0 Å². The highest BCUT2D eigenvalue weighted by atomic mass is 32.1. The van der Waals surface area contributed by atoms with E-state index in [4.69, 9.17) is 4.52 Å². The van der Waals surface area contributed by atoms with Gasteiger partial charge in [0.25, 0.3) is 11.6 Å². The van der Waals surface area contributed by atoms with Gasteiger partial charge in [0.2, 0.25) is 0 Å². The molecule has 4 aromatic heterocycles. The molecule has 0 saturated carbocycles. The number of carbonyl (C=O) groups excluding carboxylic acids is 1. The topological polar surface area (TPSA) is 80.9 Å². The number of aromatic nitrogens is 3. The van der Waals surface area contributed by atoms with Gasteiger partial charge in [-0.1, -0.05) is 5.16 Å². The Hall–Kier alpha value is -2.58. The third kappa shape index (κ3) is 2.83. The third-order valence-corrected chi connectivity index (χ3v) is 5.49. The standard InChI is InChI=1S/C17H14N4O2S2/c1-8-6-11(10(3)25-8)13-7-12(14-9(2)21-23-16(14)19-13)15(22)20-17-18-4-5-24-17/h4-7H,1-3H3,(H,18,20,22). The summed E-state index contributed by atoms with van der Waals surface area (Å²) in [6.07, 6.45) is 1.65. The summed E-state index contributed by atoms with van der Waals surface area (Å²) in [5.74, 6) is -0.250. The van der Waals surface area contributed by atoms with Crippen LogP contribution in [0.15, 0.2) is 28.2 Å². The summed E-state index contributed by atoms with van der Waals surface area (Å²) < 4.78 is 5.33. The first-order valence-corrected chi connectivity index (χ1v) is 9.28. The van der Waals surface area contributed by atoms with E-state index in [1.54, 1.807) is 30.5 Å². The number of nitrogens with one attached hydrogen (secondary N) is 1. The lowest BCUT2D eigenvalue weighted by Gasteiger charge is -2.06. The number of pyridine rings is 1. The number of rotatable bonds is 3. The minimum atomic E-state index is -0.250. The summed E-state index contributed by atoms with van der Waals surface area (Å²) >= 11 is 3.07. The molecule has 8 heteroatoms. The molecule has 126 valence electrons. The van der Waals surface area contributed by atoms with E-state index in [-0.39, 0.29) is 5.91 Å². The summed E-state index contributed by atoms with van der Waals surface area (Å²) in [6, 6.07) is 3.86. The van der Waals surface area contributed by atoms with Crippen LogP contribution in [-0.2, 0) is 0 Å². The predicted octanol–water partition coefficient (Wildman–Crippen LogP) is 4.59. The van der Waals surface area contributed by atoms with Gasteiger partial charge in [0.15, 0.2) is 5.13 Å². The molecule has 0 saturated heterocycles. The zero-order valence-electron chi connectivity index (χ0n) is 13.8. The number of fused-ring (bicyclic) bond motifs is 1. The van der Waals surface area contributed by atoms with Gasteiger partial charge >= 0.3 is 0 Å². The molecule has 0 aliphatic rings. The first-order chi connectivity index (χ1) is 12.0. The highest BCUT2D eigenvalue weighted by Crippen LogP contribution is 2.33. The smallest absolute Gasteiger partial charge is 0.259 e. The van der Waals surface area contributed by atoms with Gasteiger partial charge in [0.1, 0.15) is 0 Å². The maximum Gasteiger partial charge on any atom is 0.259 e. The van der Waals surface area contributed by atoms with Crippen LogP contribution in [0.4, 0.5) is 5.13 Å². The molecule has 0 aliphatic carbocycles. The summed E-state index contributed by atoms with van der Waals surface area (Å²) in [7, 11) is 0. The fraction of sp³-hybridized carbons (Fsp3) is 0.176. The molecule has 0 unspecified atom stereocenters. The summed E-state index contributed by atoms with van der Waals surface area (Å²) in [4.78, 5) is 23.8. The van der Waals surface area contributed by atoms with Crippen molar-refractivity contribution in [3.05, 3.63) is 44.7 Å². The van der Waals surface area contributed by atoms with E-state index in [1.165, 1.54) is 16.2 Å². The number of anilines is 1. The van der Waals surface area contributed by atoms with Crippen LogP contribution in [0.1, 0.15) is 25.8 Å². The molecule has 0 aromatic carbocycles. The minimum Gasteiger partial charge on any atom is -0.335 e. The lowest BCUT2D eigenvalue weighted by molar-refractivity contribution is 0.102. The molecule has 25 heavy (non-hydrogen) atoms. The molecule has 0 fully saturated rings. The molecule has 0 aliphatic heterocycles. The molecule has 4 aromatic rings. The van der Waals surface area contributed by atoms with Crippen molar-refractivity contribution in [1.82, 2.24) is 15.1 Å². The van der Waals surface area contributed by atoms with Crippen LogP contribution in [0, 0.1) is 20.8 Å². The van der Waals surface area contributed by atoms with Crippen LogP contribution in [0.25, 0.3) is 22.4 Å². The second-order valence-electron chi connectivity index (χ2n) is 5.62. The van der Waals surface area contributed by atoms with E-state index in [0.717, 1.165) is 10.4 Å². The van der Waals surface area contributed by atoms with Crippen LogP contribution >= 0.6 is 22.7 Å². The van der Waals surface area contributed by atoms with E-state index in [1.807, 2.05) is 19.2 Å². The van der Waals surface area contributed by atoms with E-state index in [0.29, 0.717) is 33.2 Å².